The van der Waals surface area contributed by atoms with E-state index in [4.69, 9.17) is 14.6 Å². The van der Waals surface area contributed by atoms with Crippen LogP contribution in [0.2, 0.25) is 0 Å². The van der Waals surface area contributed by atoms with Gasteiger partial charge in [-0.25, -0.2) is 4.98 Å². The Morgan fingerprint density at radius 3 is 2.65 bits per heavy atom. The third kappa shape index (κ3) is 3.53. The predicted molar refractivity (Wildman–Crippen MR) is 70.3 cm³/mol. The number of thiazole rings is 1. The molecule has 7 nitrogen and oxygen atoms in total. The van der Waals surface area contributed by atoms with Crippen molar-refractivity contribution in [2.75, 3.05) is 13.2 Å². The second kappa shape index (κ2) is 6.90. The summed E-state index contributed by atoms with van der Waals surface area (Å²) in [4.78, 5) is 4.28. The van der Waals surface area contributed by atoms with Gasteiger partial charge in [0, 0.05) is 17.5 Å². The molecule has 1 aromatic rings. The van der Waals surface area contributed by atoms with Gasteiger partial charge in [0.05, 0.1) is 18.2 Å². The first-order valence-corrected chi connectivity index (χ1v) is 7.24. The van der Waals surface area contributed by atoms with Crippen molar-refractivity contribution >= 4 is 11.3 Å². The normalized spacial score (nSPS) is 34.4. The van der Waals surface area contributed by atoms with E-state index in [1.54, 1.807) is 0 Å². The zero-order chi connectivity index (χ0) is 14.7. The second-order valence-corrected chi connectivity index (χ2v) is 5.64. The minimum atomic E-state index is -1.41. The number of hydrogen-bond acceptors (Lipinski definition) is 8. The molecule has 1 aliphatic heterocycles. The average Bonchev–Trinajstić information content (AvgIpc) is 2.84. The van der Waals surface area contributed by atoms with Crippen molar-refractivity contribution in [3.63, 3.8) is 0 Å². The van der Waals surface area contributed by atoms with Crippen LogP contribution in [0.15, 0.2) is 5.38 Å². The van der Waals surface area contributed by atoms with Crippen molar-refractivity contribution < 1.29 is 29.9 Å². The first kappa shape index (κ1) is 15.8. The van der Waals surface area contributed by atoms with Crippen LogP contribution >= 0.6 is 11.3 Å². The third-order valence-corrected chi connectivity index (χ3v) is 4.14. The molecule has 1 aliphatic rings. The monoisotopic (exact) mass is 305 g/mol. The number of nitrogens with zero attached hydrogens (tertiary/aromatic N) is 1. The molecule has 0 bridgehead atoms. The van der Waals surface area contributed by atoms with Gasteiger partial charge in [-0.1, -0.05) is 0 Å². The van der Waals surface area contributed by atoms with Crippen molar-refractivity contribution in [1.82, 2.24) is 4.98 Å². The summed E-state index contributed by atoms with van der Waals surface area (Å²) in [5, 5.41) is 40.9. The number of aliphatic hydroxyl groups excluding tert-OH is 4. The van der Waals surface area contributed by atoms with E-state index < -0.39 is 37.3 Å². The van der Waals surface area contributed by atoms with Crippen LogP contribution in [0.1, 0.15) is 10.7 Å². The van der Waals surface area contributed by atoms with Crippen molar-refractivity contribution in [1.29, 1.82) is 0 Å². The molecule has 0 amide bonds. The summed E-state index contributed by atoms with van der Waals surface area (Å²) in [6, 6.07) is 0. The first-order chi connectivity index (χ1) is 9.52. The standard InChI is InChI=1S/C12H19NO6S/c1-6-5-20-8(13-6)2-3-18-12-11(17)10(16)9(15)7(4-14)19-12/h5,7,9-12,14-17H,2-4H2,1H3/t7-,9+,10+,11-,12-/m1/s1. The van der Waals surface area contributed by atoms with Gasteiger partial charge in [0.2, 0.25) is 0 Å². The van der Waals surface area contributed by atoms with Crippen LogP contribution in [-0.4, -0.2) is 69.3 Å². The highest BCUT2D eigenvalue weighted by atomic mass is 32.1. The molecule has 1 aromatic heterocycles. The molecule has 0 saturated carbocycles. The summed E-state index contributed by atoms with van der Waals surface area (Å²) in [5.41, 5.74) is 0.942. The molecule has 114 valence electrons. The van der Waals surface area contributed by atoms with Crippen molar-refractivity contribution in [3.05, 3.63) is 16.1 Å². The van der Waals surface area contributed by atoms with E-state index in [0.717, 1.165) is 10.7 Å². The van der Waals surface area contributed by atoms with E-state index >= 15 is 0 Å². The number of aromatic nitrogens is 1. The lowest BCUT2D eigenvalue weighted by atomic mass is 9.99. The second-order valence-electron chi connectivity index (χ2n) is 4.70. The van der Waals surface area contributed by atoms with Gasteiger partial charge in [0.25, 0.3) is 0 Å². The van der Waals surface area contributed by atoms with Gasteiger partial charge in [-0.05, 0) is 6.92 Å². The maximum atomic E-state index is 9.77. The fourth-order valence-corrected chi connectivity index (χ4v) is 2.74. The predicted octanol–water partition coefficient (Wildman–Crippen LogP) is -1.19. The Hall–Kier alpha value is -0.610. The average molecular weight is 305 g/mol. The maximum Gasteiger partial charge on any atom is 0.186 e. The van der Waals surface area contributed by atoms with Crippen LogP contribution in [-0.2, 0) is 15.9 Å². The van der Waals surface area contributed by atoms with Gasteiger partial charge in [-0.2, -0.15) is 0 Å². The molecule has 2 rings (SSSR count). The SMILES string of the molecule is Cc1csc(CCO[C@@H]2O[C@H](CO)[C@H](O)[C@H](O)[C@H]2O)n1. The number of ether oxygens (including phenoxy) is 2. The topological polar surface area (TPSA) is 112 Å². The quantitative estimate of drug-likeness (QED) is 0.541. The number of aryl methyl sites for hydroxylation is 1. The van der Waals surface area contributed by atoms with Crippen LogP contribution in [0.3, 0.4) is 0 Å². The molecular weight excluding hydrogens is 286 g/mol. The van der Waals surface area contributed by atoms with Gasteiger partial charge in [-0.3, -0.25) is 0 Å². The summed E-state index contributed by atoms with van der Waals surface area (Å²) >= 11 is 1.52. The molecule has 0 unspecified atom stereocenters. The Morgan fingerprint density at radius 2 is 2.05 bits per heavy atom. The van der Waals surface area contributed by atoms with Gasteiger partial charge in [-0.15, -0.1) is 11.3 Å². The van der Waals surface area contributed by atoms with Crippen LogP contribution in [0.4, 0.5) is 0 Å². The molecule has 8 heteroatoms. The Labute approximate surface area is 120 Å². The van der Waals surface area contributed by atoms with Crippen molar-refractivity contribution in [2.45, 2.75) is 44.1 Å². The Kier molecular flexibility index (Phi) is 5.44. The molecule has 0 radical (unpaired) electrons. The van der Waals surface area contributed by atoms with Gasteiger partial charge >= 0.3 is 0 Å². The summed E-state index contributed by atoms with van der Waals surface area (Å²) in [6.07, 6.45) is -5.59. The van der Waals surface area contributed by atoms with E-state index in [-0.39, 0.29) is 6.61 Å². The summed E-state index contributed by atoms with van der Waals surface area (Å²) in [6.45, 7) is 1.70. The molecule has 5 atom stereocenters. The minimum absolute atomic E-state index is 0.260. The molecular formula is C12H19NO6S. The van der Waals surface area contributed by atoms with Crippen molar-refractivity contribution in [2.24, 2.45) is 0 Å². The van der Waals surface area contributed by atoms with Crippen LogP contribution in [0.5, 0.6) is 0 Å². The number of aliphatic hydroxyl groups is 4. The van der Waals surface area contributed by atoms with Crippen LogP contribution < -0.4 is 0 Å². The Morgan fingerprint density at radius 1 is 1.30 bits per heavy atom. The fourth-order valence-electron chi connectivity index (χ4n) is 1.99. The minimum Gasteiger partial charge on any atom is -0.394 e. The molecule has 20 heavy (non-hydrogen) atoms. The van der Waals surface area contributed by atoms with Crippen LogP contribution in [0, 0.1) is 6.92 Å². The molecule has 2 heterocycles. The number of hydrogen-bond donors (Lipinski definition) is 4. The molecule has 1 fully saturated rings. The molecule has 0 aliphatic carbocycles. The largest absolute Gasteiger partial charge is 0.394 e. The van der Waals surface area contributed by atoms with Crippen molar-refractivity contribution in [3.8, 4) is 0 Å². The Balaban J connectivity index is 1.85. The zero-order valence-corrected chi connectivity index (χ0v) is 11.9. The smallest absolute Gasteiger partial charge is 0.186 e. The summed E-state index contributed by atoms with van der Waals surface area (Å²) in [5.74, 6) is 0. The highest BCUT2D eigenvalue weighted by Gasteiger charge is 2.43. The first-order valence-electron chi connectivity index (χ1n) is 6.36. The lowest BCUT2D eigenvalue weighted by Gasteiger charge is -2.39. The lowest BCUT2D eigenvalue weighted by molar-refractivity contribution is -0.300. The summed E-state index contributed by atoms with van der Waals surface area (Å²) < 4.78 is 10.6. The van der Waals surface area contributed by atoms with E-state index in [1.165, 1.54) is 11.3 Å². The highest BCUT2D eigenvalue weighted by molar-refractivity contribution is 7.09. The maximum absolute atomic E-state index is 9.77. The molecule has 0 spiro atoms. The highest BCUT2D eigenvalue weighted by Crippen LogP contribution is 2.22. The van der Waals surface area contributed by atoms with E-state index in [0.29, 0.717) is 6.42 Å². The number of rotatable bonds is 5. The van der Waals surface area contributed by atoms with Gasteiger partial charge < -0.3 is 29.9 Å². The zero-order valence-electron chi connectivity index (χ0n) is 11.0. The van der Waals surface area contributed by atoms with Crippen LogP contribution in [0.25, 0.3) is 0 Å². The molecule has 4 N–H and O–H groups in total. The summed E-state index contributed by atoms with van der Waals surface area (Å²) in [7, 11) is 0. The molecule has 1 saturated heterocycles. The fraction of sp³-hybridized carbons (Fsp3) is 0.750. The van der Waals surface area contributed by atoms with E-state index in [2.05, 4.69) is 4.98 Å². The Bertz CT molecular complexity index is 426. The third-order valence-electron chi connectivity index (χ3n) is 3.11. The van der Waals surface area contributed by atoms with Gasteiger partial charge in [0.15, 0.2) is 6.29 Å². The van der Waals surface area contributed by atoms with E-state index in [1.807, 2.05) is 12.3 Å². The van der Waals surface area contributed by atoms with Gasteiger partial charge in [0.1, 0.15) is 24.4 Å². The van der Waals surface area contributed by atoms with E-state index in [9.17, 15) is 15.3 Å². The lowest BCUT2D eigenvalue weighted by Crippen LogP contribution is -2.59. The molecule has 0 aromatic carbocycles.